The zero-order valence-electron chi connectivity index (χ0n) is 10.5. The van der Waals surface area contributed by atoms with Crippen molar-refractivity contribution in [1.82, 2.24) is 4.98 Å². The van der Waals surface area contributed by atoms with Gasteiger partial charge in [0.1, 0.15) is 0 Å². The van der Waals surface area contributed by atoms with Crippen molar-refractivity contribution in [3.8, 4) is 0 Å². The summed E-state index contributed by atoms with van der Waals surface area (Å²) >= 11 is 0. The van der Waals surface area contributed by atoms with Gasteiger partial charge in [0.15, 0.2) is 0 Å². The van der Waals surface area contributed by atoms with E-state index in [2.05, 4.69) is 10.3 Å². The molecule has 0 saturated heterocycles. The molecule has 0 fully saturated rings. The van der Waals surface area contributed by atoms with Crippen LogP contribution in [0.15, 0.2) is 42.2 Å². The van der Waals surface area contributed by atoms with E-state index < -0.39 is 0 Å². The van der Waals surface area contributed by atoms with Crippen LogP contribution in [0.1, 0.15) is 13.8 Å². The fourth-order valence-electron chi connectivity index (χ4n) is 1.80. The first-order valence-corrected chi connectivity index (χ1v) is 5.89. The van der Waals surface area contributed by atoms with Gasteiger partial charge in [0.2, 0.25) is 0 Å². The van der Waals surface area contributed by atoms with Gasteiger partial charge in [0.05, 0.1) is 6.61 Å². The lowest BCUT2D eigenvalue weighted by Gasteiger charge is -2.07. The number of aromatic nitrogens is 1. The number of nitrogens with one attached hydrogen (secondary N) is 2. The number of rotatable bonds is 4. The average molecular weight is 244 g/mol. The molecule has 1 aromatic heterocycles. The number of esters is 1. The van der Waals surface area contributed by atoms with Gasteiger partial charge in [-0.1, -0.05) is 6.07 Å². The van der Waals surface area contributed by atoms with Crippen molar-refractivity contribution >= 4 is 22.6 Å². The molecule has 2 N–H and O–H groups in total. The molecule has 0 aliphatic heterocycles. The van der Waals surface area contributed by atoms with E-state index in [1.807, 2.05) is 37.4 Å². The molecule has 0 atom stereocenters. The fourth-order valence-corrected chi connectivity index (χ4v) is 1.80. The van der Waals surface area contributed by atoms with Crippen molar-refractivity contribution < 1.29 is 9.53 Å². The number of allylic oxidation sites excluding steroid dienone is 1. The predicted molar refractivity (Wildman–Crippen MR) is 72.3 cm³/mol. The number of aromatic amines is 1. The highest BCUT2D eigenvalue weighted by Crippen LogP contribution is 2.23. The molecule has 4 heteroatoms. The van der Waals surface area contributed by atoms with Crippen LogP contribution >= 0.6 is 0 Å². The number of ether oxygens (including phenoxy) is 1. The second-order valence-electron chi connectivity index (χ2n) is 3.95. The Morgan fingerprint density at radius 2 is 2.28 bits per heavy atom. The maximum absolute atomic E-state index is 11.3. The smallest absolute Gasteiger partial charge is 0.332 e. The molecule has 0 aliphatic carbocycles. The highest BCUT2D eigenvalue weighted by Gasteiger charge is 2.03. The summed E-state index contributed by atoms with van der Waals surface area (Å²) in [5.74, 6) is -0.330. The van der Waals surface area contributed by atoms with Gasteiger partial charge in [-0.25, -0.2) is 4.79 Å². The lowest BCUT2D eigenvalue weighted by Crippen LogP contribution is -2.04. The van der Waals surface area contributed by atoms with Gasteiger partial charge in [-0.2, -0.15) is 0 Å². The van der Waals surface area contributed by atoms with Crippen LogP contribution in [0.3, 0.4) is 0 Å². The molecular weight excluding hydrogens is 228 g/mol. The summed E-state index contributed by atoms with van der Waals surface area (Å²) < 4.78 is 4.86. The third kappa shape index (κ3) is 2.71. The molecule has 0 saturated carbocycles. The Morgan fingerprint density at radius 3 is 3.06 bits per heavy atom. The Morgan fingerprint density at radius 1 is 1.44 bits per heavy atom. The van der Waals surface area contributed by atoms with Crippen LogP contribution in [0.2, 0.25) is 0 Å². The van der Waals surface area contributed by atoms with E-state index in [1.54, 1.807) is 6.92 Å². The third-order valence-electron chi connectivity index (χ3n) is 2.55. The van der Waals surface area contributed by atoms with Crippen molar-refractivity contribution in [2.45, 2.75) is 13.8 Å². The molecule has 4 nitrogen and oxygen atoms in total. The van der Waals surface area contributed by atoms with Crippen LogP contribution in [0.4, 0.5) is 5.69 Å². The quantitative estimate of drug-likeness (QED) is 0.642. The Labute approximate surface area is 106 Å². The van der Waals surface area contributed by atoms with Crippen molar-refractivity contribution in [3.63, 3.8) is 0 Å². The minimum absolute atomic E-state index is 0.330. The summed E-state index contributed by atoms with van der Waals surface area (Å²) in [4.78, 5) is 14.5. The third-order valence-corrected chi connectivity index (χ3v) is 2.55. The molecule has 0 spiro atoms. The van der Waals surface area contributed by atoms with Crippen molar-refractivity contribution in [2.24, 2.45) is 0 Å². The summed E-state index contributed by atoms with van der Waals surface area (Å²) in [6.45, 7) is 4.01. The Bertz CT molecular complexity index is 584. The lowest BCUT2D eigenvalue weighted by molar-refractivity contribution is -0.137. The van der Waals surface area contributed by atoms with Gasteiger partial charge in [-0.15, -0.1) is 0 Å². The van der Waals surface area contributed by atoms with Crippen LogP contribution in [-0.4, -0.2) is 17.6 Å². The molecule has 0 unspecified atom stereocenters. The molecule has 2 rings (SSSR count). The zero-order valence-corrected chi connectivity index (χ0v) is 10.5. The number of anilines is 1. The van der Waals surface area contributed by atoms with Crippen LogP contribution in [0.25, 0.3) is 10.9 Å². The van der Waals surface area contributed by atoms with Gasteiger partial charge < -0.3 is 15.0 Å². The minimum Gasteiger partial charge on any atom is -0.463 e. The molecule has 2 aromatic rings. The van der Waals surface area contributed by atoms with Gasteiger partial charge in [-0.05, 0) is 32.0 Å². The number of fused-ring (bicyclic) bond motifs is 1. The van der Waals surface area contributed by atoms with Crippen molar-refractivity contribution in [3.05, 3.63) is 42.2 Å². The maximum Gasteiger partial charge on any atom is 0.332 e. The Balaban J connectivity index is 2.18. The highest BCUT2D eigenvalue weighted by molar-refractivity contribution is 5.93. The van der Waals surface area contributed by atoms with Crippen LogP contribution in [0, 0.1) is 0 Å². The molecule has 1 aromatic carbocycles. The molecule has 0 radical (unpaired) electrons. The van der Waals surface area contributed by atoms with E-state index in [9.17, 15) is 4.79 Å². The monoisotopic (exact) mass is 244 g/mol. The van der Waals surface area contributed by atoms with Gasteiger partial charge in [0, 0.05) is 34.6 Å². The lowest BCUT2D eigenvalue weighted by atomic mass is 10.2. The normalized spacial score (nSPS) is 11.6. The summed E-state index contributed by atoms with van der Waals surface area (Å²) in [6, 6.07) is 7.93. The zero-order chi connectivity index (χ0) is 13.0. The van der Waals surface area contributed by atoms with Gasteiger partial charge >= 0.3 is 5.97 Å². The van der Waals surface area contributed by atoms with E-state index in [0.717, 1.165) is 22.3 Å². The first-order valence-electron chi connectivity index (χ1n) is 5.89. The van der Waals surface area contributed by atoms with Crippen LogP contribution in [0.5, 0.6) is 0 Å². The number of carbonyl (C=O) groups is 1. The topological polar surface area (TPSA) is 54.1 Å². The summed E-state index contributed by atoms with van der Waals surface area (Å²) in [5, 5.41) is 4.29. The standard InChI is InChI=1S/C14H16N2O2/c1-3-18-14(17)9-10(2)16-13-6-4-5-12-11(13)7-8-15-12/h4-9,15-16H,3H2,1-2H3/b10-9+. The number of hydrogen-bond acceptors (Lipinski definition) is 3. The summed E-state index contributed by atoms with van der Waals surface area (Å²) in [6.07, 6.45) is 3.34. The highest BCUT2D eigenvalue weighted by atomic mass is 16.5. The second kappa shape index (κ2) is 5.40. The van der Waals surface area contributed by atoms with E-state index in [-0.39, 0.29) is 5.97 Å². The fraction of sp³-hybridized carbons (Fsp3) is 0.214. The van der Waals surface area contributed by atoms with E-state index in [0.29, 0.717) is 6.61 Å². The van der Waals surface area contributed by atoms with Gasteiger partial charge in [-0.3, -0.25) is 0 Å². The number of hydrogen-bond donors (Lipinski definition) is 2. The van der Waals surface area contributed by atoms with Crippen LogP contribution < -0.4 is 5.32 Å². The second-order valence-corrected chi connectivity index (χ2v) is 3.95. The number of carbonyl (C=O) groups excluding carboxylic acids is 1. The maximum atomic E-state index is 11.3. The molecule has 18 heavy (non-hydrogen) atoms. The van der Waals surface area contributed by atoms with E-state index >= 15 is 0 Å². The van der Waals surface area contributed by atoms with E-state index in [4.69, 9.17) is 4.74 Å². The molecule has 94 valence electrons. The first kappa shape index (κ1) is 12.2. The average Bonchev–Trinajstić information content (AvgIpc) is 2.78. The Kier molecular flexibility index (Phi) is 3.67. The Hall–Kier alpha value is -2.23. The molecule has 0 bridgehead atoms. The minimum atomic E-state index is -0.330. The first-order chi connectivity index (χ1) is 8.70. The number of benzene rings is 1. The molecule has 0 amide bonds. The largest absolute Gasteiger partial charge is 0.463 e. The van der Waals surface area contributed by atoms with E-state index in [1.165, 1.54) is 6.08 Å². The summed E-state index contributed by atoms with van der Waals surface area (Å²) in [7, 11) is 0. The predicted octanol–water partition coefficient (Wildman–Crippen LogP) is 3.05. The van der Waals surface area contributed by atoms with Gasteiger partial charge in [0.25, 0.3) is 0 Å². The van der Waals surface area contributed by atoms with Crippen molar-refractivity contribution in [1.29, 1.82) is 0 Å². The van der Waals surface area contributed by atoms with Crippen LogP contribution in [-0.2, 0) is 9.53 Å². The molecule has 1 heterocycles. The SMILES string of the molecule is CCOC(=O)/C=C(\C)Nc1cccc2[nH]ccc12. The summed E-state index contributed by atoms with van der Waals surface area (Å²) in [5.41, 5.74) is 2.78. The van der Waals surface area contributed by atoms with Crippen molar-refractivity contribution in [2.75, 3.05) is 11.9 Å². The molecular formula is C14H16N2O2. The number of H-pyrrole nitrogens is 1. The molecule has 0 aliphatic rings.